The van der Waals surface area contributed by atoms with Gasteiger partial charge in [0.05, 0.1) is 11.1 Å². The molecule has 0 heterocycles. The van der Waals surface area contributed by atoms with Crippen LogP contribution in [0.1, 0.15) is 34.6 Å². The Morgan fingerprint density at radius 3 is 2.33 bits per heavy atom. The third-order valence-corrected chi connectivity index (χ3v) is 3.26. The maximum absolute atomic E-state index is 12.0. The Balaban J connectivity index is 2.95. The Morgan fingerprint density at radius 2 is 1.83 bits per heavy atom. The van der Waals surface area contributed by atoms with Crippen molar-refractivity contribution in [2.75, 3.05) is 12.0 Å². The molecule has 0 aliphatic heterocycles. The third-order valence-electron chi connectivity index (χ3n) is 2.27. The first-order valence-electron chi connectivity index (χ1n) is 5.48. The lowest BCUT2D eigenvalue weighted by Gasteiger charge is -2.24. The first-order valence-corrected chi connectivity index (χ1v) is 6.88. The van der Waals surface area contributed by atoms with Crippen molar-refractivity contribution in [2.45, 2.75) is 19.4 Å². The number of benzene rings is 1. The second-order valence-electron chi connectivity index (χ2n) is 4.49. The molecule has 0 aliphatic carbocycles. The van der Waals surface area contributed by atoms with Crippen LogP contribution in [-0.4, -0.2) is 29.5 Å². The quantitative estimate of drug-likeness (QED) is 0.829. The molecule has 1 aromatic rings. The lowest BCUT2D eigenvalue weighted by molar-refractivity contribution is 0.00865. The van der Waals surface area contributed by atoms with Crippen LogP contribution in [0.15, 0.2) is 24.3 Å². The average molecular weight is 267 g/mol. The maximum atomic E-state index is 12.0. The highest BCUT2D eigenvalue weighted by molar-refractivity contribution is 7.98. The number of carbonyl (C=O) groups is 2. The van der Waals surface area contributed by atoms with Crippen molar-refractivity contribution in [3.8, 4) is 0 Å². The van der Waals surface area contributed by atoms with E-state index in [-0.39, 0.29) is 11.1 Å². The van der Waals surface area contributed by atoms with E-state index in [0.717, 1.165) is 0 Å². The smallest absolute Gasteiger partial charge is 0.339 e. The highest BCUT2D eigenvalue weighted by Gasteiger charge is 2.25. The van der Waals surface area contributed by atoms with E-state index in [1.165, 1.54) is 12.1 Å². The molecule has 5 heteroatoms. The van der Waals surface area contributed by atoms with E-state index in [1.807, 2.05) is 20.1 Å². The van der Waals surface area contributed by atoms with Gasteiger partial charge in [0.25, 0.3) is 0 Å². The van der Waals surface area contributed by atoms with Crippen molar-refractivity contribution in [2.24, 2.45) is 5.73 Å². The maximum Gasteiger partial charge on any atom is 0.339 e. The number of esters is 1. The molecule has 1 rings (SSSR count). The Hall–Kier alpha value is -1.49. The second kappa shape index (κ2) is 5.91. The van der Waals surface area contributed by atoms with Gasteiger partial charge in [-0.2, -0.15) is 11.8 Å². The molecule has 18 heavy (non-hydrogen) atoms. The minimum atomic E-state index is -0.634. The largest absolute Gasteiger partial charge is 0.455 e. The molecule has 0 saturated carbocycles. The molecule has 0 saturated heterocycles. The molecule has 1 amide bonds. The lowest BCUT2D eigenvalue weighted by Crippen LogP contribution is -2.31. The van der Waals surface area contributed by atoms with Crippen LogP contribution in [0.25, 0.3) is 0 Å². The molecule has 0 fully saturated rings. The van der Waals surface area contributed by atoms with Crippen LogP contribution in [0.2, 0.25) is 0 Å². The molecule has 98 valence electrons. The molecule has 2 N–H and O–H groups in total. The van der Waals surface area contributed by atoms with E-state index >= 15 is 0 Å². The van der Waals surface area contributed by atoms with E-state index in [0.29, 0.717) is 5.75 Å². The predicted octanol–water partition coefficient (Wildman–Crippen LogP) is 2.08. The number of hydrogen-bond donors (Lipinski definition) is 1. The number of carbonyl (C=O) groups excluding carboxylic acids is 2. The van der Waals surface area contributed by atoms with Crippen molar-refractivity contribution in [3.63, 3.8) is 0 Å². The Labute approximate surface area is 111 Å². The van der Waals surface area contributed by atoms with Gasteiger partial charge >= 0.3 is 5.97 Å². The van der Waals surface area contributed by atoms with Crippen LogP contribution in [-0.2, 0) is 4.74 Å². The standard InChI is InChI=1S/C13H17NO3S/c1-13(2,8-18-3)17-12(16)10-7-5-4-6-9(10)11(14)15/h4-7H,8H2,1-3H3,(H2,14,15). The van der Waals surface area contributed by atoms with Crippen LogP contribution >= 0.6 is 11.8 Å². The molecule has 4 nitrogen and oxygen atoms in total. The van der Waals surface area contributed by atoms with Crippen molar-refractivity contribution >= 4 is 23.6 Å². The summed E-state index contributed by atoms with van der Waals surface area (Å²) in [5, 5.41) is 0. The molecule has 1 aromatic carbocycles. The van der Waals surface area contributed by atoms with Gasteiger partial charge < -0.3 is 10.5 Å². The molecular formula is C13H17NO3S. The van der Waals surface area contributed by atoms with Gasteiger partial charge in [0.2, 0.25) is 5.91 Å². The summed E-state index contributed by atoms with van der Waals surface area (Å²) >= 11 is 1.59. The van der Waals surface area contributed by atoms with E-state index in [9.17, 15) is 9.59 Å². The van der Waals surface area contributed by atoms with E-state index in [4.69, 9.17) is 10.5 Å². The number of thioether (sulfide) groups is 1. The van der Waals surface area contributed by atoms with Crippen molar-refractivity contribution in [3.05, 3.63) is 35.4 Å². The van der Waals surface area contributed by atoms with Gasteiger partial charge in [-0.1, -0.05) is 12.1 Å². The fourth-order valence-electron chi connectivity index (χ4n) is 1.56. The van der Waals surface area contributed by atoms with Crippen molar-refractivity contribution in [1.29, 1.82) is 0 Å². The summed E-state index contributed by atoms with van der Waals surface area (Å²) in [6, 6.07) is 6.38. The fraction of sp³-hybridized carbons (Fsp3) is 0.385. The lowest BCUT2D eigenvalue weighted by atomic mass is 10.1. The summed E-state index contributed by atoms with van der Waals surface area (Å²) in [4.78, 5) is 23.2. The molecule has 0 atom stereocenters. The van der Waals surface area contributed by atoms with Crippen LogP contribution in [0.4, 0.5) is 0 Å². The number of hydrogen-bond acceptors (Lipinski definition) is 4. The van der Waals surface area contributed by atoms with Crippen molar-refractivity contribution in [1.82, 2.24) is 0 Å². The van der Waals surface area contributed by atoms with Crippen molar-refractivity contribution < 1.29 is 14.3 Å². The highest BCUT2D eigenvalue weighted by Crippen LogP contribution is 2.19. The molecule has 0 radical (unpaired) electrons. The zero-order valence-electron chi connectivity index (χ0n) is 10.7. The SMILES string of the molecule is CSCC(C)(C)OC(=O)c1ccccc1C(N)=O. The number of ether oxygens (including phenoxy) is 1. The van der Waals surface area contributed by atoms with E-state index < -0.39 is 17.5 Å². The van der Waals surface area contributed by atoms with Gasteiger partial charge in [-0.05, 0) is 32.2 Å². The third kappa shape index (κ3) is 3.77. The Morgan fingerprint density at radius 1 is 1.28 bits per heavy atom. The number of nitrogens with two attached hydrogens (primary N) is 1. The number of rotatable bonds is 5. The summed E-state index contributed by atoms with van der Waals surface area (Å²) in [6.07, 6.45) is 1.94. The topological polar surface area (TPSA) is 69.4 Å². The number of primary amides is 1. The number of amides is 1. The molecular weight excluding hydrogens is 250 g/mol. The zero-order chi connectivity index (χ0) is 13.8. The summed E-state index contributed by atoms with van der Waals surface area (Å²) in [7, 11) is 0. The van der Waals surface area contributed by atoms with Gasteiger partial charge in [0.15, 0.2) is 0 Å². The zero-order valence-corrected chi connectivity index (χ0v) is 11.5. The molecule has 0 unspecified atom stereocenters. The fourth-order valence-corrected chi connectivity index (χ4v) is 2.31. The van der Waals surface area contributed by atoms with E-state index in [2.05, 4.69) is 0 Å². The summed E-state index contributed by atoms with van der Waals surface area (Å²) in [6.45, 7) is 3.66. The van der Waals surface area contributed by atoms with Gasteiger partial charge in [0.1, 0.15) is 5.60 Å². The molecule has 0 spiro atoms. The minimum absolute atomic E-state index is 0.183. The Bertz CT molecular complexity index is 457. The van der Waals surface area contributed by atoms with Gasteiger partial charge in [-0.25, -0.2) is 4.79 Å². The van der Waals surface area contributed by atoms with Crippen LogP contribution < -0.4 is 5.73 Å². The Kier molecular flexibility index (Phi) is 4.78. The summed E-state index contributed by atoms with van der Waals surface area (Å²) in [5.41, 5.74) is 5.03. The van der Waals surface area contributed by atoms with Crippen LogP contribution in [0.5, 0.6) is 0 Å². The highest BCUT2D eigenvalue weighted by atomic mass is 32.2. The van der Waals surface area contributed by atoms with Crippen LogP contribution in [0.3, 0.4) is 0 Å². The molecule has 0 aromatic heterocycles. The van der Waals surface area contributed by atoms with Gasteiger partial charge in [-0.3, -0.25) is 4.79 Å². The summed E-state index contributed by atoms with van der Waals surface area (Å²) < 4.78 is 5.39. The van der Waals surface area contributed by atoms with E-state index in [1.54, 1.807) is 23.9 Å². The predicted molar refractivity (Wildman–Crippen MR) is 72.8 cm³/mol. The first kappa shape index (κ1) is 14.6. The molecule has 0 aliphatic rings. The monoisotopic (exact) mass is 267 g/mol. The van der Waals surface area contributed by atoms with Gasteiger partial charge in [0, 0.05) is 5.75 Å². The molecule has 0 bridgehead atoms. The second-order valence-corrected chi connectivity index (χ2v) is 5.36. The first-order chi connectivity index (χ1) is 8.37. The minimum Gasteiger partial charge on any atom is -0.455 e. The summed E-state index contributed by atoms with van der Waals surface area (Å²) in [5.74, 6) is -0.481. The van der Waals surface area contributed by atoms with Crippen LogP contribution in [0, 0.1) is 0 Å². The average Bonchev–Trinajstić information content (AvgIpc) is 2.28. The van der Waals surface area contributed by atoms with Gasteiger partial charge in [-0.15, -0.1) is 0 Å². The normalized spacial score (nSPS) is 11.1.